The summed E-state index contributed by atoms with van der Waals surface area (Å²) < 4.78 is 3.02. The summed E-state index contributed by atoms with van der Waals surface area (Å²) in [4.78, 5) is 27.1. The highest BCUT2D eigenvalue weighted by Gasteiger charge is 2.39. The third kappa shape index (κ3) is 3.06. The number of hydrogen-bond acceptors (Lipinski definition) is 5. The molecule has 27 heavy (non-hydrogen) atoms. The first kappa shape index (κ1) is 17.5. The zero-order chi connectivity index (χ0) is 19.3. The zero-order valence-electron chi connectivity index (χ0n) is 15.6. The van der Waals surface area contributed by atoms with Gasteiger partial charge in [-0.15, -0.1) is 5.10 Å². The summed E-state index contributed by atoms with van der Waals surface area (Å²) >= 11 is 0. The lowest BCUT2D eigenvalue weighted by molar-refractivity contribution is -0.125. The molecular weight excluding hydrogens is 346 g/mol. The van der Waals surface area contributed by atoms with Gasteiger partial charge in [0, 0.05) is 25.5 Å². The summed E-state index contributed by atoms with van der Waals surface area (Å²) in [6, 6.07) is 9.49. The Balaban J connectivity index is 1.71. The van der Waals surface area contributed by atoms with E-state index in [9.17, 15) is 14.7 Å². The van der Waals surface area contributed by atoms with E-state index < -0.39 is 5.60 Å². The lowest BCUT2D eigenvalue weighted by Crippen LogP contribution is -2.54. The lowest BCUT2D eigenvalue weighted by atomic mass is 9.77. The van der Waals surface area contributed by atoms with Crippen LogP contribution in [0.2, 0.25) is 0 Å². The fraction of sp³-hybridized carbons (Fsp3) is 0.421. The smallest absolute Gasteiger partial charge is 0.291 e. The van der Waals surface area contributed by atoms with Gasteiger partial charge >= 0.3 is 0 Å². The Kier molecular flexibility index (Phi) is 3.96. The van der Waals surface area contributed by atoms with Crippen molar-refractivity contribution in [2.24, 2.45) is 0 Å². The molecule has 1 fully saturated rings. The van der Waals surface area contributed by atoms with Gasteiger partial charge in [-0.2, -0.15) is 0 Å². The van der Waals surface area contributed by atoms with Crippen LogP contribution < -0.4 is 15.8 Å². The zero-order valence-corrected chi connectivity index (χ0v) is 15.6. The maximum atomic E-state index is 12.9. The fourth-order valence-corrected chi connectivity index (χ4v) is 3.77. The van der Waals surface area contributed by atoms with Crippen molar-refractivity contribution in [3.63, 3.8) is 0 Å². The minimum Gasteiger partial charge on any atom is -0.390 e. The quantitative estimate of drug-likeness (QED) is 0.708. The summed E-state index contributed by atoms with van der Waals surface area (Å²) in [5.74, 6) is 0.292. The molecule has 1 amide bonds. The van der Waals surface area contributed by atoms with Crippen LogP contribution >= 0.6 is 0 Å². The van der Waals surface area contributed by atoms with Crippen molar-refractivity contribution in [2.45, 2.75) is 38.0 Å². The predicted octanol–water partition coefficient (Wildman–Crippen LogP) is 0.745. The molecule has 2 heterocycles. The molecule has 0 atom stereocenters. The lowest BCUT2D eigenvalue weighted by Gasteiger charge is -2.41. The largest absolute Gasteiger partial charge is 0.390 e. The molecule has 8 nitrogen and oxygen atoms in total. The van der Waals surface area contributed by atoms with E-state index in [1.54, 1.807) is 6.92 Å². The van der Waals surface area contributed by atoms with Crippen molar-refractivity contribution in [3.05, 3.63) is 40.7 Å². The number of carbonyl (C=O) groups excluding carboxylic acids is 1. The summed E-state index contributed by atoms with van der Waals surface area (Å²) in [5.41, 5.74) is 0.353. The average molecular weight is 369 g/mol. The van der Waals surface area contributed by atoms with Crippen LogP contribution in [0.4, 0.5) is 5.95 Å². The minimum absolute atomic E-state index is 0.0591. The molecule has 0 bridgehead atoms. The standard InChI is InChI=1S/C19H23N5O3/c1-19(27)9-13(10-19)20-16(25)11-23-17(26)15-8-12-6-4-5-7-14(12)24(15)18(21-23)22(2)3/h4-8,13,27H,9-11H2,1-3H3,(H,20,25)/t13-,19+. The number of amides is 1. The predicted molar refractivity (Wildman–Crippen MR) is 103 cm³/mol. The molecule has 2 aromatic heterocycles. The van der Waals surface area contributed by atoms with Crippen molar-refractivity contribution < 1.29 is 9.90 Å². The third-order valence-electron chi connectivity index (χ3n) is 5.01. The Hall–Kier alpha value is -2.87. The first-order chi connectivity index (χ1) is 12.7. The van der Waals surface area contributed by atoms with Gasteiger partial charge in [-0.25, -0.2) is 4.68 Å². The molecule has 0 aliphatic heterocycles. The van der Waals surface area contributed by atoms with Crippen molar-refractivity contribution in [3.8, 4) is 0 Å². The first-order valence-electron chi connectivity index (χ1n) is 8.95. The van der Waals surface area contributed by atoms with Crippen molar-refractivity contribution in [2.75, 3.05) is 19.0 Å². The number of para-hydroxylation sites is 1. The van der Waals surface area contributed by atoms with Gasteiger partial charge in [0.1, 0.15) is 12.1 Å². The van der Waals surface area contributed by atoms with E-state index in [2.05, 4.69) is 10.4 Å². The van der Waals surface area contributed by atoms with Crippen LogP contribution in [-0.4, -0.2) is 50.9 Å². The van der Waals surface area contributed by atoms with Crippen molar-refractivity contribution >= 4 is 28.3 Å². The van der Waals surface area contributed by atoms with Crippen LogP contribution in [0, 0.1) is 0 Å². The molecule has 2 N–H and O–H groups in total. The summed E-state index contributed by atoms with van der Waals surface area (Å²) in [7, 11) is 3.70. The molecule has 3 aromatic rings. The fourth-order valence-electron chi connectivity index (χ4n) is 3.77. The van der Waals surface area contributed by atoms with Crippen LogP contribution in [0.5, 0.6) is 0 Å². The number of hydrogen-bond donors (Lipinski definition) is 2. The van der Waals surface area contributed by atoms with Gasteiger partial charge in [-0.05, 0) is 31.9 Å². The van der Waals surface area contributed by atoms with Gasteiger partial charge < -0.3 is 15.3 Å². The Morgan fingerprint density at radius 3 is 2.70 bits per heavy atom. The first-order valence-corrected chi connectivity index (χ1v) is 8.95. The Labute approximate surface area is 156 Å². The van der Waals surface area contributed by atoms with Gasteiger partial charge in [0.15, 0.2) is 0 Å². The second kappa shape index (κ2) is 6.09. The summed E-state index contributed by atoms with van der Waals surface area (Å²) in [6.07, 6.45) is 1.04. The number of nitrogens with one attached hydrogen (secondary N) is 1. The molecule has 0 radical (unpaired) electrons. The van der Waals surface area contributed by atoms with Crippen molar-refractivity contribution in [1.29, 1.82) is 0 Å². The number of aromatic nitrogens is 3. The van der Waals surface area contributed by atoms with E-state index >= 15 is 0 Å². The Morgan fingerprint density at radius 2 is 2.04 bits per heavy atom. The number of carbonyl (C=O) groups is 1. The maximum Gasteiger partial charge on any atom is 0.291 e. The summed E-state index contributed by atoms with van der Waals surface area (Å²) in [5, 5.41) is 18.0. The van der Waals surface area contributed by atoms with E-state index in [4.69, 9.17) is 0 Å². The van der Waals surface area contributed by atoms with E-state index in [0.29, 0.717) is 24.3 Å². The molecule has 8 heteroatoms. The molecule has 142 valence electrons. The molecule has 0 spiro atoms. The second-order valence-corrected chi connectivity index (χ2v) is 7.75. The Bertz CT molecular complexity index is 1090. The van der Waals surface area contributed by atoms with Crippen LogP contribution in [0.15, 0.2) is 35.1 Å². The van der Waals surface area contributed by atoms with Gasteiger partial charge in [0.05, 0.1) is 11.1 Å². The van der Waals surface area contributed by atoms with Crippen molar-refractivity contribution in [1.82, 2.24) is 19.5 Å². The molecule has 1 saturated carbocycles. The van der Waals surface area contributed by atoms with E-state index in [-0.39, 0.29) is 24.1 Å². The normalized spacial score (nSPS) is 22.0. The number of anilines is 1. The highest BCUT2D eigenvalue weighted by Crippen LogP contribution is 2.31. The van der Waals surface area contributed by atoms with E-state index in [1.165, 1.54) is 4.68 Å². The number of rotatable bonds is 4. The van der Waals surface area contributed by atoms with Crippen LogP contribution in [0.1, 0.15) is 19.8 Å². The van der Waals surface area contributed by atoms with E-state index in [1.807, 2.05) is 53.7 Å². The highest BCUT2D eigenvalue weighted by molar-refractivity contribution is 5.88. The number of aliphatic hydroxyl groups is 1. The van der Waals surface area contributed by atoms with Gasteiger partial charge in [-0.3, -0.25) is 14.0 Å². The van der Waals surface area contributed by atoms with E-state index in [0.717, 1.165) is 10.9 Å². The number of benzene rings is 1. The number of fused-ring (bicyclic) bond motifs is 3. The average Bonchev–Trinajstić information content (AvgIpc) is 2.95. The molecular formula is C19H23N5O3. The second-order valence-electron chi connectivity index (χ2n) is 7.75. The maximum absolute atomic E-state index is 12.9. The molecule has 0 saturated heterocycles. The van der Waals surface area contributed by atoms with Gasteiger partial charge in [0.2, 0.25) is 11.9 Å². The summed E-state index contributed by atoms with van der Waals surface area (Å²) in [6.45, 7) is 1.59. The molecule has 1 aliphatic rings. The highest BCUT2D eigenvalue weighted by atomic mass is 16.3. The van der Waals surface area contributed by atoms with Crippen LogP contribution in [0.3, 0.4) is 0 Å². The SMILES string of the molecule is CN(C)c1nn(CC(=O)N[C@H]2C[C@@](C)(O)C2)c(=O)c2cc3ccccc3n12. The minimum atomic E-state index is -0.712. The van der Waals surface area contributed by atoms with Crippen LogP contribution in [-0.2, 0) is 11.3 Å². The topological polar surface area (TPSA) is 91.9 Å². The monoisotopic (exact) mass is 369 g/mol. The molecule has 1 aromatic carbocycles. The Morgan fingerprint density at radius 1 is 1.33 bits per heavy atom. The van der Waals surface area contributed by atoms with Gasteiger partial charge in [0.25, 0.3) is 5.56 Å². The number of nitrogens with zero attached hydrogens (tertiary/aromatic N) is 4. The molecule has 4 rings (SSSR count). The molecule has 0 unspecified atom stereocenters. The van der Waals surface area contributed by atoms with Crippen LogP contribution in [0.25, 0.3) is 16.4 Å². The molecule has 1 aliphatic carbocycles. The third-order valence-corrected chi connectivity index (χ3v) is 5.01. The van der Waals surface area contributed by atoms with Gasteiger partial charge in [-0.1, -0.05) is 18.2 Å².